The number of unbranched alkanes of at least 4 members (excludes halogenated alkanes) is 4. The molecule has 0 unspecified atom stereocenters. The second-order valence-electron chi connectivity index (χ2n) is 4.47. The molecule has 0 amide bonds. The molecule has 0 aromatic heterocycles. The van der Waals surface area contributed by atoms with Gasteiger partial charge in [-0.15, -0.1) is 0 Å². The summed E-state index contributed by atoms with van der Waals surface area (Å²) in [6.07, 6.45) is 11.2. The molecule has 0 aromatic rings. The van der Waals surface area contributed by atoms with Gasteiger partial charge in [0.15, 0.2) is 0 Å². The van der Waals surface area contributed by atoms with Crippen molar-refractivity contribution in [2.24, 2.45) is 0 Å². The van der Waals surface area contributed by atoms with E-state index in [1.165, 1.54) is 44.1 Å². The van der Waals surface area contributed by atoms with Crippen LogP contribution in [0, 0.1) is 0 Å². The van der Waals surface area contributed by atoms with Gasteiger partial charge >= 0.3 is 5.97 Å². The van der Waals surface area contributed by atoms with Crippen LogP contribution >= 0.6 is 0 Å². The van der Waals surface area contributed by atoms with Gasteiger partial charge in [-0.3, -0.25) is 0 Å². The average Bonchev–Trinajstić information content (AvgIpc) is 2.31. The van der Waals surface area contributed by atoms with Gasteiger partial charge in [-0.25, -0.2) is 4.79 Å². The van der Waals surface area contributed by atoms with Gasteiger partial charge < -0.3 is 4.74 Å². The van der Waals surface area contributed by atoms with E-state index in [1.807, 2.05) is 6.92 Å². The molecule has 2 heteroatoms. The van der Waals surface area contributed by atoms with Gasteiger partial charge in [-0.1, -0.05) is 45.1 Å². The SMILES string of the molecule is CCCCCCC(=CC(=O)OCC)CCCC. The molecule has 17 heavy (non-hydrogen) atoms. The Balaban J connectivity index is 4.07. The van der Waals surface area contributed by atoms with Crippen molar-refractivity contribution in [3.05, 3.63) is 11.6 Å². The van der Waals surface area contributed by atoms with Crippen LogP contribution in [-0.2, 0) is 9.53 Å². The number of carbonyl (C=O) groups excluding carboxylic acids is 1. The first-order valence-corrected chi connectivity index (χ1v) is 7.10. The summed E-state index contributed by atoms with van der Waals surface area (Å²) in [5.41, 5.74) is 1.27. The van der Waals surface area contributed by atoms with Crippen LogP contribution in [0.4, 0.5) is 0 Å². The molecule has 0 aliphatic heterocycles. The molecular weight excluding hydrogens is 212 g/mol. The molecule has 0 heterocycles. The zero-order valence-electron chi connectivity index (χ0n) is 11.8. The molecule has 0 rings (SSSR count). The Hall–Kier alpha value is -0.790. The van der Waals surface area contributed by atoms with Gasteiger partial charge in [0, 0.05) is 6.08 Å². The number of rotatable bonds is 10. The molecule has 100 valence electrons. The Morgan fingerprint density at radius 1 is 0.941 bits per heavy atom. The Morgan fingerprint density at radius 3 is 2.18 bits per heavy atom. The highest BCUT2D eigenvalue weighted by Gasteiger charge is 2.02. The highest BCUT2D eigenvalue weighted by molar-refractivity contribution is 5.82. The fraction of sp³-hybridized carbons (Fsp3) is 0.800. The summed E-state index contributed by atoms with van der Waals surface area (Å²) in [6, 6.07) is 0. The number of allylic oxidation sites excluding steroid dienone is 1. The summed E-state index contributed by atoms with van der Waals surface area (Å²) in [5.74, 6) is -0.172. The summed E-state index contributed by atoms with van der Waals surface area (Å²) in [5, 5.41) is 0. The zero-order chi connectivity index (χ0) is 12.9. The monoisotopic (exact) mass is 240 g/mol. The second-order valence-corrected chi connectivity index (χ2v) is 4.47. The first kappa shape index (κ1) is 16.2. The molecule has 0 saturated heterocycles. The van der Waals surface area contributed by atoms with Gasteiger partial charge in [-0.2, -0.15) is 0 Å². The number of ether oxygens (including phenoxy) is 1. The minimum absolute atomic E-state index is 0.172. The maximum atomic E-state index is 11.4. The quantitative estimate of drug-likeness (QED) is 0.316. The lowest BCUT2D eigenvalue weighted by molar-refractivity contribution is -0.137. The number of hydrogen-bond donors (Lipinski definition) is 0. The molecule has 0 aliphatic carbocycles. The van der Waals surface area contributed by atoms with Crippen LogP contribution in [0.2, 0.25) is 0 Å². The third-order valence-corrected chi connectivity index (χ3v) is 2.81. The van der Waals surface area contributed by atoms with Crippen molar-refractivity contribution in [2.45, 2.75) is 72.1 Å². The van der Waals surface area contributed by atoms with Crippen LogP contribution < -0.4 is 0 Å². The van der Waals surface area contributed by atoms with Gasteiger partial charge in [0.05, 0.1) is 6.61 Å². The molecule has 2 nitrogen and oxygen atoms in total. The molecule has 0 aromatic carbocycles. The Morgan fingerprint density at radius 2 is 1.59 bits per heavy atom. The number of esters is 1. The van der Waals surface area contributed by atoms with E-state index in [-0.39, 0.29) is 5.97 Å². The highest BCUT2D eigenvalue weighted by Crippen LogP contribution is 2.16. The van der Waals surface area contributed by atoms with Crippen molar-refractivity contribution in [1.29, 1.82) is 0 Å². The Kier molecular flexibility index (Phi) is 11.1. The largest absolute Gasteiger partial charge is 0.463 e. The Bertz CT molecular complexity index is 219. The van der Waals surface area contributed by atoms with Crippen LogP contribution in [-0.4, -0.2) is 12.6 Å². The van der Waals surface area contributed by atoms with E-state index >= 15 is 0 Å². The minimum atomic E-state index is -0.172. The third-order valence-electron chi connectivity index (χ3n) is 2.81. The van der Waals surface area contributed by atoms with E-state index in [0.29, 0.717) is 6.61 Å². The lowest BCUT2D eigenvalue weighted by atomic mass is 10.0. The summed E-state index contributed by atoms with van der Waals surface area (Å²) >= 11 is 0. The maximum absolute atomic E-state index is 11.4. The molecule has 0 N–H and O–H groups in total. The maximum Gasteiger partial charge on any atom is 0.330 e. The van der Waals surface area contributed by atoms with Crippen molar-refractivity contribution in [1.82, 2.24) is 0 Å². The zero-order valence-corrected chi connectivity index (χ0v) is 11.8. The van der Waals surface area contributed by atoms with Crippen molar-refractivity contribution >= 4 is 5.97 Å². The molecule has 0 aliphatic rings. The minimum Gasteiger partial charge on any atom is -0.463 e. The van der Waals surface area contributed by atoms with E-state index in [1.54, 1.807) is 6.08 Å². The van der Waals surface area contributed by atoms with E-state index in [0.717, 1.165) is 12.8 Å². The molecule has 0 bridgehead atoms. The summed E-state index contributed by atoms with van der Waals surface area (Å²) in [6.45, 7) is 6.70. The van der Waals surface area contributed by atoms with Crippen LogP contribution in [0.25, 0.3) is 0 Å². The normalized spacial score (nSPS) is 11.6. The fourth-order valence-electron chi connectivity index (χ4n) is 1.80. The van der Waals surface area contributed by atoms with Gasteiger partial charge in [0.25, 0.3) is 0 Å². The van der Waals surface area contributed by atoms with Gasteiger partial charge in [0.1, 0.15) is 0 Å². The lowest BCUT2D eigenvalue weighted by Gasteiger charge is -2.07. The van der Waals surface area contributed by atoms with Crippen molar-refractivity contribution in [3.63, 3.8) is 0 Å². The predicted molar refractivity (Wildman–Crippen MR) is 73.0 cm³/mol. The van der Waals surface area contributed by atoms with Crippen LogP contribution in [0.15, 0.2) is 11.6 Å². The van der Waals surface area contributed by atoms with Crippen LogP contribution in [0.5, 0.6) is 0 Å². The Labute approximate surface area is 106 Å². The van der Waals surface area contributed by atoms with Crippen molar-refractivity contribution < 1.29 is 9.53 Å². The van der Waals surface area contributed by atoms with Gasteiger partial charge in [-0.05, 0) is 32.6 Å². The van der Waals surface area contributed by atoms with E-state index < -0.39 is 0 Å². The van der Waals surface area contributed by atoms with E-state index in [9.17, 15) is 4.79 Å². The van der Waals surface area contributed by atoms with Crippen molar-refractivity contribution in [2.75, 3.05) is 6.61 Å². The van der Waals surface area contributed by atoms with E-state index in [4.69, 9.17) is 4.74 Å². The third kappa shape index (κ3) is 10.1. The molecular formula is C15H28O2. The molecule has 0 spiro atoms. The summed E-state index contributed by atoms with van der Waals surface area (Å²) in [4.78, 5) is 11.4. The molecule has 0 fully saturated rings. The first-order valence-electron chi connectivity index (χ1n) is 7.10. The topological polar surface area (TPSA) is 26.3 Å². The van der Waals surface area contributed by atoms with Gasteiger partial charge in [0.2, 0.25) is 0 Å². The predicted octanol–water partition coefficient (Wildman–Crippen LogP) is 4.64. The number of carbonyl (C=O) groups is 1. The summed E-state index contributed by atoms with van der Waals surface area (Å²) < 4.78 is 4.96. The first-order chi connectivity index (χ1) is 8.24. The standard InChI is InChI=1S/C15H28O2/c1-4-7-9-10-12-14(11-8-5-2)13-15(16)17-6-3/h13H,4-12H2,1-3H3. The average molecular weight is 240 g/mol. The van der Waals surface area contributed by atoms with Crippen LogP contribution in [0.1, 0.15) is 72.1 Å². The van der Waals surface area contributed by atoms with E-state index in [2.05, 4.69) is 13.8 Å². The molecule has 0 saturated carbocycles. The summed E-state index contributed by atoms with van der Waals surface area (Å²) in [7, 11) is 0. The molecule has 0 atom stereocenters. The number of hydrogen-bond acceptors (Lipinski definition) is 2. The highest BCUT2D eigenvalue weighted by atomic mass is 16.5. The lowest BCUT2D eigenvalue weighted by Crippen LogP contribution is -2.01. The van der Waals surface area contributed by atoms with Crippen molar-refractivity contribution in [3.8, 4) is 0 Å². The smallest absolute Gasteiger partial charge is 0.330 e. The fourth-order valence-corrected chi connectivity index (χ4v) is 1.80. The second kappa shape index (κ2) is 11.7. The molecule has 0 radical (unpaired) electrons. The van der Waals surface area contributed by atoms with Crippen LogP contribution in [0.3, 0.4) is 0 Å².